The van der Waals surface area contributed by atoms with Crippen molar-refractivity contribution in [3.63, 3.8) is 0 Å². The van der Waals surface area contributed by atoms with Crippen molar-refractivity contribution in [2.75, 3.05) is 7.11 Å². The van der Waals surface area contributed by atoms with Crippen LogP contribution in [0.1, 0.15) is 0 Å². The molecule has 0 amide bonds. The Bertz CT molecular complexity index is 489. The van der Waals surface area contributed by atoms with Gasteiger partial charge in [-0.1, -0.05) is 6.07 Å². The van der Waals surface area contributed by atoms with Gasteiger partial charge in [-0.05, 0) is 12.1 Å². The second kappa shape index (κ2) is 2.90. The second-order valence-electron chi connectivity index (χ2n) is 2.49. The van der Waals surface area contributed by atoms with Crippen molar-refractivity contribution in [1.29, 1.82) is 0 Å². The number of rotatable bonds is 1. The van der Waals surface area contributed by atoms with Crippen LogP contribution < -0.4 is 10.3 Å². The van der Waals surface area contributed by atoms with E-state index < -0.39 is 0 Å². The molecule has 0 unspecified atom stereocenters. The van der Waals surface area contributed by atoms with Crippen molar-refractivity contribution in [1.82, 2.24) is 4.98 Å². The first-order chi connectivity index (χ1) is 6.33. The van der Waals surface area contributed by atoms with Crippen LogP contribution in [0.3, 0.4) is 0 Å². The number of para-hydroxylation sites is 1. The molecule has 0 atom stereocenters. The summed E-state index contributed by atoms with van der Waals surface area (Å²) >= 11 is 0. The molecule has 0 N–H and O–H groups in total. The van der Waals surface area contributed by atoms with Gasteiger partial charge in [0.05, 0.1) is 12.5 Å². The standard InChI is InChI=1S/C9H7NO3/c1-12-7-4-2-3-6-8(7)13-5-10-9(6)11/h2-5H,1H3. The molecule has 0 aliphatic rings. The van der Waals surface area contributed by atoms with Gasteiger partial charge in [0.2, 0.25) is 0 Å². The van der Waals surface area contributed by atoms with Crippen molar-refractivity contribution >= 4 is 11.0 Å². The van der Waals surface area contributed by atoms with Crippen LogP contribution in [0.15, 0.2) is 33.8 Å². The van der Waals surface area contributed by atoms with Gasteiger partial charge >= 0.3 is 0 Å². The lowest BCUT2D eigenvalue weighted by Gasteiger charge is -2.01. The van der Waals surface area contributed by atoms with Gasteiger partial charge in [-0.25, -0.2) is 0 Å². The summed E-state index contributed by atoms with van der Waals surface area (Å²) in [5.41, 5.74) is 0.130. The fourth-order valence-corrected chi connectivity index (χ4v) is 1.16. The Morgan fingerprint density at radius 1 is 1.46 bits per heavy atom. The average Bonchev–Trinajstić information content (AvgIpc) is 2.18. The van der Waals surface area contributed by atoms with Crippen LogP contribution in [0.2, 0.25) is 0 Å². The molecule has 0 bridgehead atoms. The molecule has 0 aliphatic heterocycles. The number of benzene rings is 1. The minimum absolute atomic E-state index is 0.305. The third-order valence-corrected chi connectivity index (χ3v) is 1.77. The summed E-state index contributed by atoms with van der Waals surface area (Å²) in [6, 6.07) is 5.10. The zero-order chi connectivity index (χ0) is 9.26. The Kier molecular flexibility index (Phi) is 1.73. The molecule has 1 aromatic carbocycles. The molecule has 0 saturated carbocycles. The van der Waals surface area contributed by atoms with Crippen molar-refractivity contribution in [2.24, 2.45) is 0 Å². The number of nitrogens with zero attached hydrogens (tertiary/aromatic N) is 1. The summed E-state index contributed by atoms with van der Waals surface area (Å²) in [6.07, 6.45) is 1.12. The summed E-state index contributed by atoms with van der Waals surface area (Å²) in [6.45, 7) is 0. The second-order valence-corrected chi connectivity index (χ2v) is 2.49. The molecule has 66 valence electrons. The first-order valence-electron chi connectivity index (χ1n) is 3.73. The highest BCUT2D eigenvalue weighted by atomic mass is 16.5. The fraction of sp³-hybridized carbons (Fsp3) is 0.111. The van der Waals surface area contributed by atoms with E-state index in [1.807, 2.05) is 0 Å². The van der Waals surface area contributed by atoms with E-state index in [2.05, 4.69) is 4.98 Å². The molecule has 0 radical (unpaired) electrons. The molecule has 13 heavy (non-hydrogen) atoms. The number of methoxy groups -OCH3 is 1. The summed E-state index contributed by atoms with van der Waals surface area (Å²) in [5.74, 6) is 0.539. The summed E-state index contributed by atoms with van der Waals surface area (Å²) in [5, 5.41) is 0.432. The summed E-state index contributed by atoms with van der Waals surface area (Å²) in [4.78, 5) is 14.7. The van der Waals surface area contributed by atoms with E-state index >= 15 is 0 Å². The van der Waals surface area contributed by atoms with Crippen LogP contribution in [0, 0.1) is 0 Å². The van der Waals surface area contributed by atoms with E-state index in [1.54, 1.807) is 18.2 Å². The van der Waals surface area contributed by atoms with Gasteiger partial charge in [0.15, 0.2) is 17.7 Å². The molecule has 4 heteroatoms. The molecular weight excluding hydrogens is 170 g/mol. The molecule has 0 saturated heterocycles. The largest absolute Gasteiger partial charge is 0.493 e. The van der Waals surface area contributed by atoms with Gasteiger partial charge in [0.25, 0.3) is 5.56 Å². The van der Waals surface area contributed by atoms with E-state index in [9.17, 15) is 4.79 Å². The van der Waals surface area contributed by atoms with Crippen molar-refractivity contribution in [3.05, 3.63) is 34.9 Å². The van der Waals surface area contributed by atoms with E-state index in [-0.39, 0.29) is 5.56 Å². The molecule has 2 rings (SSSR count). The highest BCUT2D eigenvalue weighted by molar-refractivity contribution is 5.81. The lowest BCUT2D eigenvalue weighted by Crippen LogP contribution is -2.04. The van der Waals surface area contributed by atoms with Crippen molar-refractivity contribution in [2.45, 2.75) is 0 Å². The molecule has 0 spiro atoms. The molecule has 1 aromatic heterocycles. The maximum Gasteiger partial charge on any atom is 0.283 e. The molecule has 0 aliphatic carbocycles. The van der Waals surface area contributed by atoms with Crippen LogP contribution in [-0.4, -0.2) is 12.1 Å². The van der Waals surface area contributed by atoms with E-state index in [0.717, 1.165) is 6.39 Å². The Labute approximate surface area is 73.8 Å². The first kappa shape index (κ1) is 7.79. The fourth-order valence-electron chi connectivity index (χ4n) is 1.16. The number of fused-ring (bicyclic) bond motifs is 1. The van der Waals surface area contributed by atoms with Crippen molar-refractivity contribution in [3.8, 4) is 5.75 Å². The lowest BCUT2D eigenvalue weighted by molar-refractivity contribution is 0.408. The zero-order valence-corrected chi connectivity index (χ0v) is 6.98. The molecular formula is C9H7NO3. The van der Waals surface area contributed by atoms with Gasteiger partial charge < -0.3 is 9.15 Å². The highest BCUT2D eigenvalue weighted by Gasteiger charge is 2.05. The maximum atomic E-state index is 11.2. The minimum Gasteiger partial charge on any atom is -0.493 e. The van der Waals surface area contributed by atoms with E-state index in [0.29, 0.717) is 16.7 Å². The van der Waals surface area contributed by atoms with Crippen LogP contribution in [-0.2, 0) is 0 Å². The highest BCUT2D eigenvalue weighted by Crippen LogP contribution is 2.21. The predicted molar refractivity (Wildman–Crippen MR) is 46.8 cm³/mol. The Morgan fingerprint density at radius 2 is 2.31 bits per heavy atom. The predicted octanol–water partition coefficient (Wildman–Crippen LogP) is 1.20. The molecule has 0 fully saturated rings. The van der Waals surface area contributed by atoms with Gasteiger partial charge in [0, 0.05) is 0 Å². The van der Waals surface area contributed by atoms with Crippen LogP contribution in [0.4, 0.5) is 0 Å². The van der Waals surface area contributed by atoms with Gasteiger partial charge in [-0.3, -0.25) is 4.79 Å². The molecule has 4 nitrogen and oxygen atoms in total. The maximum absolute atomic E-state index is 11.2. The van der Waals surface area contributed by atoms with Gasteiger partial charge in [-0.2, -0.15) is 4.98 Å². The topological polar surface area (TPSA) is 52.3 Å². The van der Waals surface area contributed by atoms with Crippen molar-refractivity contribution < 1.29 is 9.15 Å². The Morgan fingerprint density at radius 3 is 3.08 bits per heavy atom. The lowest BCUT2D eigenvalue weighted by atomic mass is 10.2. The van der Waals surface area contributed by atoms with E-state index in [1.165, 1.54) is 7.11 Å². The monoisotopic (exact) mass is 177 g/mol. The van der Waals surface area contributed by atoms with E-state index in [4.69, 9.17) is 9.15 Å². The average molecular weight is 177 g/mol. The number of hydrogen-bond acceptors (Lipinski definition) is 4. The third-order valence-electron chi connectivity index (χ3n) is 1.77. The van der Waals surface area contributed by atoms with Gasteiger partial charge in [0.1, 0.15) is 0 Å². The summed E-state index contributed by atoms with van der Waals surface area (Å²) in [7, 11) is 1.52. The smallest absolute Gasteiger partial charge is 0.283 e. The van der Waals surface area contributed by atoms with Gasteiger partial charge in [-0.15, -0.1) is 0 Å². The van der Waals surface area contributed by atoms with Crippen LogP contribution in [0.25, 0.3) is 11.0 Å². The van der Waals surface area contributed by atoms with Crippen LogP contribution >= 0.6 is 0 Å². The SMILES string of the molecule is COc1cccc2c(=O)ncoc12. The quantitative estimate of drug-likeness (QED) is 0.656. The number of ether oxygens (including phenoxy) is 1. The van der Waals surface area contributed by atoms with Crippen LogP contribution in [0.5, 0.6) is 5.75 Å². The minimum atomic E-state index is -0.305. The Hall–Kier alpha value is -1.84. The normalized spacial score (nSPS) is 10.2. The number of aromatic nitrogens is 1. The first-order valence-corrected chi connectivity index (χ1v) is 3.73. The Balaban J connectivity index is 2.92. The molecule has 1 heterocycles. The third kappa shape index (κ3) is 1.16. The molecule has 2 aromatic rings. The summed E-state index contributed by atoms with van der Waals surface area (Å²) < 4.78 is 10.1. The zero-order valence-electron chi connectivity index (χ0n) is 6.98. The number of hydrogen-bond donors (Lipinski definition) is 0.